The van der Waals surface area contributed by atoms with Crippen LogP contribution in [0.1, 0.15) is 109 Å². The molecule has 13 nitrogen and oxygen atoms in total. The summed E-state index contributed by atoms with van der Waals surface area (Å²) in [6.07, 6.45) is 10.4. The second-order valence-corrected chi connectivity index (χ2v) is 18.3. The minimum atomic E-state index is -0.782. The van der Waals surface area contributed by atoms with Gasteiger partial charge in [0.15, 0.2) is 0 Å². The summed E-state index contributed by atoms with van der Waals surface area (Å²) in [7, 11) is 1.96. The van der Waals surface area contributed by atoms with E-state index in [0.29, 0.717) is 13.1 Å². The molecule has 2 aromatic heterocycles. The number of hydrogen-bond donors (Lipinski definition) is 4. The Labute approximate surface area is 390 Å². The van der Waals surface area contributed by atoms with Crippen molar-refractivity contribution in [3.05, 3.63) is 155 Å². The number of likely N-dealkylation sites (tertiary alicyclic amines) is 3. The molecule has 67 heavy (non-hydrogen) atoms. The van der Waals surface area contributed by atoms with Gasteiger partial charge >= 0.3 is 0 Å². The molecule has 4 N–H and O–H groups in total. The molecule has 5 unspecified atom stereocenters. The van der Waals surface area contributed by atoms with Gasteiger partial charge in [-0.1, -0.05) is 96.8 Å². The molecule has 5 heterocycles. The van der Waals surface area contributed by atoms with Gasteiger partial charge in [0.25, 0.3) is 0 Å². The van der Waals surface area contributed by atoms with E-state index in [9.17, 15) is 19.2 Å². The van der Waals surface area contributed by atoms with E-state index >= 15 is 0 Å². The lowest BCUT2D eigenvalue weighted by Crippen LogP contribution is -2.48. The summed E-state index contributed by atoms with van der Waals surface area (Å²) in [4.78, 5) is 76.9. The van der Waals surface area contributed by atoms with E-state index in [1.54, 1.807) is 0 Å². The lowest BCUT2D eigenvalue weighted by atomic mass is 10.0. The summed E-state index contributed by atoms with van der Waals surface area (Å²) < 4.78 is 0. The first-order valence-electron chi connectivity index (χ1n) is 23.6. The number of rotatable bonds is 12. The first kappa shape index (κ1) is 43.6. The van der Waals surface area contributed by atoms with E-state index < -0.39 is 12.1 Å². The van der Waals surface area contributed by atoms with Crippen LogP contribution in [0.4, 0.5) is 0 Å². The van der Waals surface area contributed by atoms with Gasteiger partial charge in [-0.3, -0.25) is 24.1 Å². The Hall–Kier alpha value is -7.30. The summed E-state index contributed by atoms with van der Waals surface area (Å²) in [5.41, 5.74) is 6.91. The smallest absolute Gasteiger partial charge is 0.250 e. The second kappa shape index (κ2) is 19.3. The largest absolute Gasteiger partial charge is 0.340 e. The Balaban J connectivity index is 0.773. The third-order valence-corrected chi connectivity index (χ3v) is 13.7. The van der Waals surface area contributed by atoms with Crippen LogP contribution in [-0.2, 0) is 19.2 Å². The quantitative estimate of drug-likeness (QED) is 0.0932. The summed E-state index contributed by atoms with van der Waals surface area (Å²) in [5, 5.41) is 6.16. The number of amides is 4. The number of imidazole rings is 2. The van der Waals surface area contributed by atoms with Gasteiger partial charge in [-0.25, -0.2) is 9.97 Å². The lowest BCUT2D eigenvalue weighted by Gasteiger charge is -2.30. The summed E-state index contributed by atoms with van der Waals surface area (Å²) in [6.45, 7) is 2.06. The van der Waals surface area contributed by atoms with E-state index in [-0.39, 0.29) is 47.7 Å². The minimum Gasteiger partial charge on any atom is -0.340 e. The molecule has 3 aliphatic heterocycles. The van der Waals surface area contributed by atoms with E-state index in [0.717, 1.165) is 114 Å². The van der Waals surface area contributed by atoms with Crippen LogP contribution in [0, 0.1) is 17.8 Å². The maximum absolute atomic E-state index is 14.3. The van der Waals surface area contributed by atoms with Crippen LogP contribution in [0.2, 0.25) is 0 Å². The van der Waals surface area contributed by atoms with Crippen molar-refractivity contribution in [2.75, 3.05) is 26.7 Å². The molecular weight excluding hydrogens is 839 g/mol. The van der Waals surface area contributed by atoms with Crippen molar-refractivity contribution in [1.29, 1.82) is 0 Å². The fourth-order valence-corrected chi connectivity index (χ4v) is 9.83. The number of carbonyl (C=O) groups excluding carboxylic acids is 4. The number of aromatic nitrogens is 4. The topological polar surface area (TPSA) is 159 Å². The molecule has 10 rings (SSSR count). The van der Waals surface area contributed by atoms with Gasteiger partial charge in [0.05, 0.1) is 41.9 Å². The van der Waals surface area contributed by atoms with Crippen LogP contribution < -0.4 is 10.6 Å². The maximum atomic E-state index is 14.3. The summed E-state index contributed by atoms with van der Waals surface area (Å²) in [5.74, 6) is 7.63. The third kappa shape index (κ3) is 9.53. The molecule has 1 saturated carbocycles. The van der Waals surface area contributed by atoms with Gasteiger partial charge in [-0.05, 0) is 111 Å². The fourth-order valence-electron chi connectivity index (χ4n) is 9.83. The van der Waals surface area contributed by atoms with Crippen molar-refractivity contribution < 1.29 is 19.2 Å². The average molecular weight is 894 g/mol. The number of benzene rings is 4. The first-order chi connectivity index (χ1) is 32.8. The molecular formula is C54H55N9O4. The van der Waals surface area contributed by atoms with Gasteiger partial charge in [0.2, 0.25) is 23.6 Å². The van der Waals surface area contributed by atoms with Crippen LogP contribution in [0.15, 0.2) is 122 Å². The summed E-state index contributed by atoms with van der Waals surface area (Å²) in [6, 6.07) is 32.8. The van der Waals surface area contributed by atoms with Gasteiger partial charge < -0.3 is 30.4 Å². The van der Waals surface area contributed by atoms with Crippen LogP contribution in [0.3, 0.4) is 0 Å². The van der Waals surface area contributed by atoms with Crippen molar-refractivity contribution in [2.24, 2.45) is 5.92 Å². The molecule has 5 atom stereocenters. The van der Waals surface area contributed by atoms with Crippen molar-refractivity contribution in [3.63, 3.8) is 0 Å². The van der Waals surface area contributed by atoms with Gasteiger partial charge in [-0.15, -0.1) is 0 Å². The van der Waals surface area contributed by atoms with Crippen molar-refractivity contribution in [3.8, 4) is 34.4 Å². The minimum absolute atomic E-state index is 0.00242. The zero-order chi connectivity index (χ0) is 45.9. The molecule has 4 fully saturated rings. The molecule has 4 aromatic carbocycles. The SMILES string of the molecule is CN1CCCC1C(=O)NC(C(=O)N1CCCC1c1ncc(-c2ccc(C#Cc3ccc(-c4cnc(C5CCCN5C(=O)C(NC(=O)C5CC5)c5ccccc5)[nH]4)cc3)cc2)[nH]1)c1ccccc1. The molecule has 340 valence electrons. The molecule has 13 heteroatoms. The molecule has 4 aliphatic rings. The molecule has 0 radical (unpaired) electrons. The molecule has 1 aliphatic carbocycles. The van der Waals surface area contributed by atoms with Crippen LogP contribution in [-0.4, -0.2) is 91.0 Å². The number of hydrogen-bond acceptors (Lipinski definition) is 7. The lowest BCUT2D eigenvalue weighted by molar-refractivity contribution is -0.138. The molecule has 3 saturated heterocycles. The monoisotopic (exact) mass is 893 g/mol. The molecule has 0 spiro atoms. The molecule has 6 aromatic rings. The predicted molar refractivity (Wildman–Crippen MR) is 254 cm³/mol. The first-order valence-corrected chi connectivity index (χ1v) is 23.6. The highest BCUT2D eigenvalue weighted by atomic mass is 16.2. The van der Waals surface area contributed by atoms with E-state index in [4.69, 9.17) is 9.97 Å². The number of nitrogens with zero attached hydrogens (tertiary/aromatic N) is 5. The second-order valence-electron chi connectivity index (χ2n) is 18.3. The average Bonchev–Trinajstić information content (AvgIpc) is 3.97. The van der Waals surface area contributed by atoms with E-state index in [1.807, 2.05) is 138 Å². The Morgan fingerprint density at radius 1 is 0.567 bits per heavy atom. The van der Waals surface area contributed by atoms with Crippen molar-refractivity contribution in [2.45, 2.75) is 81.6 Å². The number of carbonyl (C=O) groups is 4. The zero-order valence-electron chi connectivity index (χ0n) is 37.7. The zero-order valence-corrected chi connectivity index (χ0v) is 37.7. The summed E-state index contributed by atoms with van der Waals surface area (Å²) >= 11 is 0. The standard InChI is InChI=1S/C54H55N9O4/c1-61-30-8-17-46(61)52(65)60-48(40-13-6-3-7-14-40)54(67)63-32-10-16-45(63)50-56-34-43(58-50)38-26-22-36(23-27-38)19-18-35-20-24-37(25-21-35)42-33-55-49(57-42)44-15-9-31-62(44)53(66)47(39-11-4-2-5-12-39)59-51(64)41-28-29-41/h2-7,11-14,20-27,33-34,41,44-48H,8-10,15-17,28-32H2,1H3,(H,55,57)(H,56,58)(H,59,64)(H,60,65). The highest BCUT2D eigenvalue weighted by Gasteiger charge is 2.40. The third-order valence-electron chi connectivity index (χ3n) is 13.7. The fraction of sp³-hybridized carbons (Fsp3) is 0.333. The van der Waals surface area contributed by atoms with Gasteiger partial charge in [-0.2, -0.15) is 0 Å². The maximum Gasteiger partial charge on any atom is 0.250 e. The number of likely N-dealkylation sites (N-methyl/N-ethyl adjacent to an activating group) is 1. The predicted octanol–water partition coefficient (Wildman–Crippen LogP) is 7.41. The normalized spacial score (nSPS) is 20.2. The number of aromatic amines is 2. The highest BCUT2D eigenvalue weighted by molar-refractivity contribution is 5.92. The Morgan fingerprint density at radius 2 is 1.01 bits per heavy atom. The molecule has 4 amide bonds. The van der Waals surface area contributed by atoms with Crippen molar-refractivity contribution >= 4 is 23.6 Å². The van der Waals surface area contributed by atoms with E-state index in [1.165, 1.54) is 0 Å². The van der Waals surface area contributed by atoms with Crippen LogP contribution in [0.5, 0.6) is 0 Å². The Kier molecular flexibility index (Phi) is 12.5. The van der Waals surface area contributed by atoms with E-state index in [2.05, 4.69) is 37.3 Å². The molecule has 0 bridgehead atoms. The number of H-pyrrole nitrogens is 2. The Morgan fingerprint density at radius 3 is 1.45 bits per heavy atom. The van der Waals surface area contributed by atoms with Crippen LogP contribution in [0.25, 0.3) is 22.5 Å². The van der Waals surface area contributed by atoms with Gasteiger partial charge in [0, 0.05) is 30.1 Å². The highest BCUT2D eigenvalue weighted by Crippen LogP contribution is 2.37. The van der Waals surface area contributed by atoms with Gasteiger partial charge in [0.1, 0.15) is 23.7 Å². The number of nitrogens with one attached hydrogen (secondary N) is 4. The Bertz CT molecular complexity index is 2790. The van der Waals surface area contributed by atoms with Crippen LogP contribution >= 0.6 is 0 Å². The van der Waals surface area contributed by atoms with Crippen molar-refractivity contribution in [1.82, 2.24) is 45.3 Å².